The molecule has 1 aliphatic rings. The van der Waals surface area contributed by atoms with E-state index in [9.17, 15) is 4.79 Å². The van der Waals surface area contributed by atoms with Gasteiger partial charge in [-0.2, -0.15) is 0 Å². The topological polar surface area (TPSA) is 69.0 Å². The maximum atomic E-state index is 12.7. The van der Waals surface area contributed by atoms with Crippen LogP contribution in [0.2, 0.25) is 0 Å². The minimum Gasteiger partial charge on any atom is -0.497 e. The summed E-state index contributed by atoms with van der Waals surface area (Å²) >= 11 is 1.44. The molecule has 1 heterocycles. The Bertz CT molecular complexity index is 1020. The standard InChI is InChI=1S/C24H28N4O2S/c1-16-8-12-20(13-9-16)28-22(18-10-14-21(30-3)15-11-18)26-27-24(28)31-17(2)23(29)25-19-6-4-5-7-19/h8-15,17,19H,4-7H2,1-3H3,(H,25,29). The number of aryl methyl sites for hydroxylation is 1. The van der Waals surface area contributed by atoms with Gasteiger partial charge in [0.2, 0.25) is 5.91 Å². The lowest BCUT2D eigenvalue weighted by Crippen LogP contribution is -2.37. The summed E-state index contributed by atoms with van der Waals surface area (Å²) in [7, 11) is 1.65. The zero-order valence-electron chi connectivity index (χ0n) is 18.2. The van der Waals surface area contributed by atoms with Gasteiger partial charge in [-0.05, 0) is 63.1 Å². The van der Waals surface area contributed by atoms with E-state index in [0.29, 0.717) is 11.2 Å². The molecule has 1 aromatic heterocycles. The molecule has 7 heteroatoms. The van der Waals surface area contributed by atoms with Gasteiger partial charge in [0.05, 0.1) is 12.4 Å². The molecule has 4 rings (SSSR count). The molecule has 1 atom stereocenters. The average molecular weight is 437 g/mol. The highest BCUT2D eigenvalue weighted by molar-refractivity contribution is 8.00. The van der Waals surface area contributed by atoms with Gasteiger partial charge in [-0.15, -0.1) is 10.2 Å². The number of nitrogens with zero attached hydrogens (tertiary/aromatic N) is 3. The normalized spacial score (nSPS) is 15.1. The van der Waals surface area contributed by atoms with Gasteiger partial charge in [0, 0.05) is 17.3 Å². The average Bonchev–Trinajstić information content (AvgIpc) is 3.44. The van der Waals surface area contributed by atoms with Crippen LogP contribution in [0.15, 0.2) is 53.7 Å². The Morgan fingerprint density at radius 1 is 1.10 bits per heavy atom. The second kappa shape index (κ2) is 9.56. The number of benzene rings is 2. The van der Waals surface area contributed by atoms with Gasteiger partial charge in [0.1, 0.15) is 5.75 Å². The number of aromatic nitrogens is 3. The van der Waals surface area contributed by atoms with Crippen LogP contribution >= 0.6 is 11.8 Å². The predicted octanol–water partition coefficient (Wildman–Crippen LogP) is 4.79. The minimum atomic E-state index is -0.266. The molecule has 31 heavy (non-hydrogen) atoms. The first kappa shape index (κ1) is 21.4. The van der Waals surface area contributed by atoms with Gasteiger partial charge in [-0.1, -0.05) is 42.3 Å². The first-order valence-corrected chi connectivity index (χ1v) is 11.6. The summed E-state index contributed by atoms with van der Waals surface area (Å²) in [5.74, 6) is 1.58. The highest BCUT2D eigenvalue weighted by atomic mass is 32.2. The summed E-state index contributed by atoms with van der Waals surface area (Å²) in [4.78, 5) is 12.7. The molecule has 1 unspecified atom stereocenters. The van der Waals surface area contributed by atoms with Crippen molar-refractivity contribution < 1.29 is 9.53 Å². The maximum absolute atomic E-state index is 12.7. The zero-order valence-corrected chi connectivity index (χ0v) is 19.0. The van der Waals surface area contributed by atoms with Crippen molar-refractivity contribution in [3.05, 3.63) is 54.1 Å². The quantitative estimate of drug-likeness (QED) is 0.539. The fraction of sp³-hybridized carbons (Fsp3) is 0.375. The summed E-state index contributed by atoms with van der Waals surface area (Å²) in [6, 6.07) is 16.3. The number of hydrogen-bond acceptors (Lipinski definition) is 5. The molecule has 1 N–H and O–H groups in total. The zero-order chi connectivity index (χ0) is 21.8. The number of carbonyl (C=O) groups excluding carboxylic acids is 1. The van der Waals surface area contributed by atoms with Crippen LogP contribution in [0.25, 0.3) is 17.1 Å². The summed E-state index contributed by atoms with van der Waals surface area (Å²) in [5, 5.41) is 12.5. The van der Waals surface area contributed by atoms with E-state index in [1.165, 1.54) is 30.2 Å². The smallest absolute Gasteiger partial charge is 0.233 e. The van der Waals surface area contributed by atoms with Crippen molar-refractivity contribution in [3.8, 4) is 22.8 Å². The van der Waals surface area contributed by atoms with Gasteiger partial charge < -0.3 is 10.1 Å². The van der Waals surface area contributed by atoms with Crippen LogP contribution < -0.4 is 10.1 Å². The minimum absolute atomic E-state index is 0.0568. The second-order valence-corrected chi connectivity index (χ2v) is 9.26. The number of hydrogen-bond donors (Lipinski definition) is 1. The molecule has 2 aromatic carbocycles. The van der Waals surface area contributed by atoms with Crippen molar-refractivity contribution in [1.82, 2.24) is 20.1 Å². The Morgan fingerprint density at radius 2 is 1.77 bits per heavy atom. The number of rotatable bonds is 7. The molecule has 0 saturated heterocycles. The van der Waals surface area contributed by atoms with E-state index in [1.54, 1.807) is 7.11 Å². The van der Waals surface area contributed by atoms with E-state index in [1.807, 2.05) is 35.8 Å². The third-order valence-corrected chi connectivity index (χ3v) is 6.67. The van der Waals surface area contributed by atoms with Crippen LogP contribution in [0.5, 0.6) is 5.75 Å². The lowest BCUT2D eigenvalue weighted by molar-refractivity contribution is -0.120. The van der Waals surface area contributed by atoms with E-state index in [-0.39, 0.29) is 11.2 Å². The number of amides is 1. The number of nitrogens with one attached hydrogen (secondary N) is 1. The highest BCUT2D eigenvalue weighted by Crippen LogP contribution is 2.31. The Morgan fingerprint density at radius 3 is 2.42 bits per heavy atom. The molecule has 1 aliphatic carbocycles. The van der Waals surface area contributed by atoms with Gasteiger partial charge in [-0.25, -0.2) is 0 Å². The second-order valence-electron chi connectivity index (χ2n) is 7.96. The third-order valence-electron chi connectivity index (χ3n) is 5.63. The molecule has 0 bridgehead atoms. The number of ether oxygens (including phenoxy) is 1. The van der Waals surface area contributed by atoms with Gasteiger partial charge in [0.25, 0.3) is 0 Å². The Labute approximate surface area is 187 Å². The van der Waals surface area contributed by atoms with E-state index < -0.39 is 0 Å². The molecule has 1 saturated carbocycles. The first-order valence-electron chi connectivity index (χ1n) is 10.7. The number of thioether (sulfide) groups is 1. The van der Waals surface area contributed by atoms with Gasteiger partial charge in [-0.3, -0.25) is 9.36 Å². The van der Waals surface area contributed by atoms with E-state index in [2.05, 4.69) is 46.7 Å². The van der Waals surface area contributed by atoms with Gasteiger partial charge >= 0.3 is 0 Å². The van der Waals surface area contributed by atoms with Crippen LogP contribution in [0.3, 0.4) is 0 Å². The molecule has 1 amide bonds. The van der Waals surface area contributed by atoms with Crippen LogP contribution in [-0.4, -0.2) is 39.1 Å². The fourth-order valence-electron chi connectivity index (χ4n) is 3.80. The SMILES string of the molecule is COc1ccc(-c2nnc(SC(C)C(=O)NC3CCCC3)n2-c2ccc(C)cc2)cc1. The summed E-state index contributed by atoms with van der Waals surface area (Å²) < 4.78 is 7.30. The van der Waals surface area contributed by atoms with Crippen molar-refractivity contribution in [3.63, 3.8) is 0 Å². The van der Waals surface area contributed by atoms with Crippen molar-refractivity contribution in [1.29, 1.82) is 0 Å². The largest absolute Gasteiger partial charge is 0.497 e. The summed E-state index contributed by atoms with van der Waals surface area (Å²) in [5.41, 5.74) is 3.08. The molecule has 1 fully saturated rings. The van der Waals surface area contributed by atoms with Crippen LogP contribution in [0, 0.1) is 6.92 Å². The first-order chi connectivity index (χ1) is 15.0. The van der Waals surface area contributed by atoms with Crippen molar-refractivity contribution >= 4 is 17.7 Å². The van der Waals surface area contributed by atoms with Crippen LogP contribution in [-0.2, 0) is 4.79 Å². The monoisotopic (exact) mass is 436 g/mol. The Balaban J connectivity index is 1.64. The Kier molecular flexibility index (Phi) is 6.61. The van der Waals surface area contributed by atoms with E-state index >= 15 is 0 Å². The molecule has 0 spiro atoms. The Hall–Kier alpha value is -2.80. The maximum Gasteiger partial charge on any atom is 0.233 e. The van der Waals surface area contributed by atoms with Crippen molar-refractivity contribution in [2.24, 2.45) is 0 Å². The summed E-state index contributed by atoms with van der Waals surface area (Å²) in [6.45, 7) is 3.99. The lowest BCUT2D eigenvalue weighted by atomic mass is 10.2. The van der Waals surface area contributed by atoms with Crippen LogP contribution in [0.1, 0.15) is 38.2 Å². The molecule has 0 radical (unpaired) electrons. The van der Waals surface area contributed by atoms with Crippen LogP contribution in [0.4, 0.5) is 0 Å². The van der Waals surface area contributed by atoms with E-state index in [4.69, 9.17) is 4.74 Å². The van der Waals surface area contributed by atoms with E-state index in [0.717, 1.165) is 35.7 Å². The predicted molar refractivity (Wildman–Crippen MR) is 124 cm³/mol. The molecule has 6 nitrogen and oxygen atoms in total. The van der Waals surface area contributed by atoms with Gasteiger partial charge in [0.15, 0.2) is 11.0 Å². The fourth-order valence-corrected chi connectivity index (χ4v) is 4.68. The lowest BCUT2D eigenvalue weighted by Gasteiger charge is -2.17. The third kappa shape index (κ3) is 4.93. The molecule has 162 valence electrons. The highest BCUT2D eigenvalue weighted by Gasteiger charge is 2.24. The molecular formula is C24H28N4O2S. The molecule has 0 aliphatic heterocycles. The van der Waals surface area contributed by atoms with Crippen molar-refractivity contribution in [2.45, 2.75) is 56.0 Å². The summed E-state index contributed by atoms with van der Waals surface area (Å²) in [6.07, 6.45) is 4.54. The number of methoxy groups -OCH3 is 1. The molecule has 3 aromatic rings. The van der Waals surface area contributed by atoms with Crippen molar-refractivity contribution in [2.75, 3.05) is 7.11 Å². The number of carbonyl (C=O) groups is 1. The molecular weight excluding hydrogens is 408 g/mol.